The standard InChI is InChI=1S/C17H17NO2/c19-12-7-5-11(6-8-12)16-14-9-10-20-17(14)13-3-1-2-4-15(13)18-16/h1-8,14,16-19H,9-10H2/t14-,16+,17+/m0/s1. The molecule has 0 spiro atoms. The highest BCUT2D eigenvalue weighted by atomic mass is 16.5. The number of phenolic OH excluding ortho intramolecular Hbond substituents is 1. The van der Waals surface area contributed by atoms with Gasteiger partial charge in [0.25, 0.3) is 0 Å². The van der Waals surface area contributed by atoms with Crippen molar-refractivity contribution in [2.75, 3.05) is 11.9 Å². The van der Waals surface area contributed by atoms with Gasteiger partial charge in [-0.15, -0.1) is 0 Å². The molecule has 4 rings (SSSR count). The summed E-state index contributed by atoms with van der Waals surface area (Å²) in [5.41, 5.74) is 3.64. The van der Waals surface area contributed by atoms with Gasteiger partial charge < -0.3 is 15.2 Å². The summed E-state index contributed by atoms with van der Waals surface area (Å²) < 4.78 is 5.97. The molecule has 0 unspecified atom stereocenters. The van der Waals surface area contributed by atoms with E-state index in [1.54, 1.807) is 12.1 Å². The minimum Gasteiger partial charge on any atom is -0.508 e. The minimum absolute atomic E-state index is 0.186. The van der Waals surface area contributed by atoms with Crippen LogP contribution in [0.4, 0.5) is 5.69 Å². The number of hydrogen-bond donors (Lipinski definition) is 2. The largest absolute Gasteiger partial charge is 0.508 e. The summed E-state index contributed by atoms with van der Waals surface area (Å²) >= 11 is 0. The van der Waals surface area contributed by atoms with E-state index in [1.165, 1.54) is 11.1 Å². The molecule has 20 heavy (non-hydrogen) atoms. The Hall–Kier alpha value is -2.00. The van der Waals surface area contributed by atoms with E-state index in [4.69, 9.17) is 4.74 Å². The van der Waals surface area contributed by atoms with Crippen LogP contribution in [0.5, 0.6) is 5.75 Å². The Balaban J connectivity index is 1.76. The molecule has 2 heterocycles. The predicted molar refractivity (Wildman–Crippen MR) is 77.7 cm³/mol. The Morgan fingerprint density at radius 2 is 1.85 bits per heavy atom. The highest BCUT2D eigenvalue weighted by molar-refractivity contribution is 5.57. The number of phenols is 1. The maximum atomic E-state index is 9.46. The van der Waals surface area contributed by atoms with Crippen LogP contribution in [0.3, 0.4) is 0 Å². The highest BCUT2D eigenvalue weighted by Gasteiger charge is 2.41. The van der Waals surface area contributed by atoms with Crippen molar-refractivity contribution in [3.05, 3.63) is 59.7 Å². The molecule has 2 N–H and O–H groups in total. The number of anilines is 1. The number of hydrogen-bond acceptors (Lipinski definition) is 3. The van der Waals surface area contributed by atoms with Crippen molar-refractivity contribution < 1.29 is 9.84 Å². The van der Waals surface area contributed by atoms with E-state index in [9.17, 15) is 5.11 Å². The zero-order chi connectivity index (χ0) is 13.5. The van der Waals surface area contributed by atoms with Gasteiger partial charge in [0.15, 0.2) is 0 Å². The van der Waals surface area contributed by atoms with Gasteiger partial charge in [-0.05, 0) is 30.2 Å². The lowest BCUT2D eigenvalue weighted by Gasteiger charge is -2.36. The number of nitrogens with one attached hydrogen (secondary N) is 1. The van der Waals surface area contributed by atoms with E-state index in [0.717, 1.165) is 18.7 Å². The highest BCUT2D eigenvalue weighted by Crippen LogP contribution is 2.49. The van der Waals surface area contributed by atoms with E-state index in [1.807, 2.05) is 12.1 Å². The van der Waals surface area contributed by atoms with Crippen LogP contribution < -0.4 is 5.32 Å². The summed E-state index contributed by atoms with van der Waals surface area (Å²) in [6.45, 7) is 0.819. The van der Waals surface area contributed by atoms with Crippen molar-refractivity contribution in [3.63, 3.8) is 0 Å². The third kappa shape index (κ3) is 1.78. The quantitative estimate of drug-likeness (QED) is 0.829. The second-order valence-corrected chi connectivity index (χ2v) is 5.54. The summed E-state index contributed by atoms with van der Waals surface area (Å²) in [5.74, 6) is 0.763. The Morgan fingerprint density at radius 3 is 2.70 bits per heavy atom. The van der Waals surface area contributed by atoms with E-state index >= 15 is 0 Å². The normalized spacial score (nSPS) is 27.5. The SMILES string of the molecule is Oc1ccc([C@H]2Nc3ccccc3[C@H]3OCC[C@@H]23)cc1. The molecule has 0 bridgehead atoms. The van der Waals surface area contributed by atoms with Crippen LogP contribution in [-0.2, 0) is 4.74 Å². The van der Waals surface area contributed by atoms with Gasteiger partial charge in [0.1, 0.15) is 5.75 Å². The van der Waals surface area contributed by atoms with Gasteiger partial charge in [0.2, 0.25) is 0 Å². The Morgan fingerprint density at radius 1 is 1.05 bits per heavy atom. The second kappa shape index (κ2) is 4.53. The third-order valence-electron chi connectivity index (χ3n) is 4.40. The summed E-state index contributed by atoms with van der Waals surface area (Å²) in [7, 11) is 0. The number of para-hydroxylation sites is 1. The molecule has 0 amide bonds. The lowest BCUT2D eigenvalue weighted by Crippen LogP contribution is -2.29. The van der Waals surface area contributed by atoms with Gasteiger partial charge in [0.05, 0.1) is 12.1 Å². The van der Waals surface area contributed by atoms with Crippen LogP contribution in [-0.4, -0.2) is 11.7 Å². The van der Waals surface area contributed by atoms with Crippen molar-refractivity contribution >= 4 is 5.69 Å². The van der Waals surface area contributed by atoms with Crippen molar-refractivity contribution in [3.8, 4) is 5.75 Å². The average Bonchev–Trinajstić information content (AvgIpc) is 2.97. The molecule has 0 radical (unpaired) electrons. The smallest absolute Gasteiger partial charge is 0.115 e. The van der Waals surface area contributed by atoms with Gasteiger partial charge in [-0.1, -0.05) is 30.3 Å². The fraction of sp³-hybridized carbons (Fsp3) is 0.294. The molecule has 3 nitrogen and oxygen atoms in total. The van der Waals surface area contributed by atoms with E-state index in [-0.39, 0.29) is 12.1 Å². The molecule has 2 aromatic rings. The van der Waals surface area contributed by atoms with Gasteiger partial charge in [-0.25, -0.2) is 0 Å². The molecule has 2 aromatic carbocycles. The van der Waals surface area contributed by atoms with Crippen LogP contribution in [0.2, 0.25) is 0 Å². The lowest BCUT2D eigenvalue weighted by atomic mass is 9.81. The molecule has 0 saturated carbocycles. The summed E-state index contributed by atoms with van der Waals surface area (Å²) in [6.07, 6.45) is 1.25. The number of aromatic hydroxyl groups is 1. The van der Waals surface area contributed by atoms with Crippen molar-refractivity contribution in [2.45, 2.75) is 18.6 Å². The second-order valence-electron chi connectivity index (χ2n) is 5.54. The summed E-state index contributed by atoms with van der Waals surface area (Å²) in [4.78, 5) is 0. The molecule has 0 aliphatic carbocycles. The first kappa shape index (κ1) is 11.8. The minimum atomic E-state index is 0.186. The van der Waals surface area contributed by atoms with Crippen molar-refractivity contribution in [1.29, 1.82) is 0 Å². The lowest BCUT2D eigenvalue weighted by molar-refractivity contribution is 0.0829. The number of ether oxygens (including phenoxy) is 1. The molecular formula is C17H17NO2. The van der Waals surface area contributed by atoms with Crippen LogP contribution in [0.1, 0.15) is 29.7 Å². The molecule has 0 aromatic heterocycles. The Kier molecular flexibility index (Phi) is 2.67. The first-order valence-electron chi connectivity index (χ1n) is 7.09. The van der Waals surface area contributed by atoms with Crippen molar-refractivity contribution in [1.82, 2.24) is 0 Å². The van der Waals surface area contributed by atoms with Gasteiger partial charge in [0, 0.05) is 23.8 Å². The molecule has 1 saturated heterocycles. The van der Waals surface area contributed by atoms with Gasteiger partial charge >= 0.3 is 0 Å². The number of benzene rings is 2. The molecule has 2 aliphatic heterocycles. The fourth-order valence-electron chi connectivity index (χ4n) is 3.43. The third-order valence-corrected chi connectivity index (χ3v) is 4.40. The van der Waals surface area contributed by atoms with Crippen LogP contribution in [0.15, 0.2) is 48.5 Å². The zero-order valence-electron chi connectivity index (χ0n) is 11.1. The fourth-order valence-corrected chi connectivity index (χ4v) is 3.43. The maximum Gasteiger partial charge on any atom is 0.115 e. The first-order chi connectivity index (χ1) is 9.83. The molecule has 3 atom stereocenters. The van der Waals surface area contributed by atoms with Gasteiger partial charge in [-0.2, -0.15) is 0 Å². The Labute approximate surface area is 118 Å². The van der Waals surface area contributed by atoms with E-state index in [0.29, 0.717) is 11.7 Å². The van der Waals surface area contributed by atoms with Crippen LogP contribution >= 0.6 is 0 Å². The molecule has 102 valence electrons. The molecule has 2 aliphatic rings. The maximum absolute atomic E-state index is 9.46. The number of rotatable bonds is 1. The summed E-state index contributed by atoms with van der Waals surface area (Å²) in [6, 6.07) is 16.1. The Bertz CT molecular complexity index is 623. The first-order valence-corrected chi connectivity index (χ1v) is 7.09. The molecular weight excluding hydrogens is 250 g/mol. The predicted octanol–water partition coefficient (Wildman–Crippen LogP) is 3.64. The number of fused-ring (bicyclic) bond motifs is 3. The van der Waals surface area contributed by atoms with E-state index in [2.05, 4.69) is 29.6 Å². The van der Waals surface area contributed by atoms with Crippen LogP contribution in [0.25, 0.3) is 0 Å². The van der Waals surface area contributed by atoms with Crippen molar-refractivity contribution in [2.24, 2.45) is 5.92 Å². The van der Waals surface area contributed by atoms with Gasteiger partial charge in [-0.3, -0.25) is 0 Å². The molecule has 1 fully saturated rings. The topological polar surface area (TPSA) is 41.5 Å². The summed E-state index contributed by atoms with van der Waals surface area (Å²) in [5, 5.41) is 13.1. The van der Waals surface area contributed by atoms with Crippen LogP contribution in [0, 0.1) is 5.92 Å². The monoisotopic (exact) mass is 267 g/mol. The average molecular weight is 267 g/mol. The molecule has 3 heteroatoms. The zero-order valence-corrected chi connectivity index (χ0v) is 11.1. The van der Waals surface area contributed by atoms with E-state index < -0.39 is 0 Å².